The van der Waals surface area contributed by atoms with Crippen molar-refractivity contribution in [2.24, 2.45) is 0 Å². The van der Waals surface area contributed by atoms with Gasteiger partial charge in [0.25, 0.3) is 5.91 Å². The molecule has 1 aromatic heterocycles. The number of rotatable bonds is 10. The molecule has 0 aliphatic heterocycles. The number of carbonyl (C=O) groups excluding carboxylic acids is 1. The number of alkyl halides is 3. The molecule has 0 saturated heterocycles. The molecule has 0 unspecified atom stereocenters. The van der Waals surface area contributed by atoms with Gasteiger partial charge in [-0.3, -0.25) is 4.79 Å². The largest absolute Gasteiger partial charge is 0.480 e. The summed E-state index contributed by atoms with van der Waals surface area (Å²) in [7, 11) is 0. The van der Waals surface area contributed by atoms with Gasteiger partial charge < -0.3 is 14.8 Å². The van der Waals surface area contributed by atoms with Crippen LogP contribution in [0.5, 0.6) is 0 Å². The normalized spacial score (nSPS) is 12.1. The van der Waals surface area contributed by atoms with Crippen LogP contribution >= 0.6 is 11.8 Å². The highest BCUT2D eigenvalue weighted by Crippen LogP contribution is 2.34. The fourth-order valence-corrected chi connectivity index (χ4v) is 5.32. The number of nitrogens with zero attached hydrogens (tertiary/aromatic N) is 1. The third kappa shape index (κ3) is 7.34. The summed E-state index contributed by atoms with van der Waals surface area (Å²) in [6.07, 6.45) is -4.52. The lowest BCUT2D eigenvalue weighted by atomic mass is 10.0. The molecule has 0 saturated carbocycles. The molecule has 5 aromatic rings. The third-order valence-electron chi connectivity index (χ3n) is 6.56. The summed E-state index contributed by atoms with van der Waals surface area (Å²) in [5.74, 6) is -1.35. The average Bonchev–Trinajstić information content (AvgIpc) is 3.47. The summed E-state index contributed by atoms with van der Waals surface area (Å²) < 4.78 is 45.3. The van der Waals surface area contributed by atoms with Gasteiger partial charge in [0.2, 0.25) is 5.89 Å². The SMILES string of the molecule is O=C(N[C@@H](CSCc1ccccc1)C(=O)O)c1nc(-c2ccc(C(F)(F)F)cc2)oc1-c1ccc(-c2ccccc2)cc1. The second kappa shape index (κ2) is 13.0. The molecule has 5 rings (SSSR count). The van der Waals surface area contributed by atoms with E-state index in [2.05, 4.69) is 10.3 Å². The fraction of sp³-hybridized carbons (Fsp3) is 0.121. The van der Waals surface area contributed by atoms with E-state index in [1.54, 1.807) is 12.1 Å². The molecule has 0 aliphatic rings. The van der Waals surface area contributed by atoms with Crippen molar-refractivity contribution < 1.29 is 32.3 Å². The number of nitrogens with one attached hydrogen (secondary N) is 1. The Balaban J connectivity index is 1.43. The summed E-state index contributed by atoms with van der Waals surface area (Å²) in [6.45, 7) is 0. The lowest BCUT2D eigenvalue weighted by Gasteiger charge is -2.14. The first-order chi connectivity index (χ1) is 20.7. The number of oxazole rings is 1. The van der Waals surface area contributed by atoms with Crippen molar-refractivity contribution in [2.75, 3.05) is 5.75 Å². The van der Waals surface area contributed by atoms with Crippen LogP contribution in [-0.4, -0.2) is 33.8 Å². The molecule has 0 bridgehead atoms. The highest BCUT2D eigenvalue weighted by Gasteiger charge is 2.31. The summed E-state index contributed by atoms with van der Waals surface area (Å²) in [5, 5.41) is 12.3. The Kier molecular flexibility index (Phi) is 8.96. The molecular weight excluding hydrogens is 577 g/mol. The molecule has 10 heteroatoms. The monoisotopic (exact) mass is 602 g/mol. The van der Waals surface area contributed by atoms with Gasteiger partial charge in [0.15, 0.2) is 11.5 Å². The van der Waals surface area contributed by atoms with Gasteiger partial charge >= 0.3 is 12.1 Å². The molecule has 0 spiro atoms. The Morgan fingerprint density at radius 1 is 0.791 bits per heavy atom. The van der Waals surface area contributed by atoms with Gasteiger partial charge in [0, 0.05) is 22.6 Å². The Morgan fingerprint density at radius 2 is 1.35 bits per heavy atom. The lowest BCUT2D eigenvalue weighted by Crippen LogP contribution is -2.42. The topological polar surface area (TPSA) is 92.4 Å². The van der Waals surface area contributed by atoms with Crippen LogP contribution in [0, 0.1) is 0 Å². The Labute approximate surface area is 249 Å². The highest BCUT2D eigenvalue weighted by atomic mass is 32.2. The summed E-state index contributed by atoms with van der Waals surface area (Å²) in [5.41, 5.74) is 2.60. The van der Waals surface area contributed by atoms with Crippen LogP contribution in [-0.2, 0) is 16.7 Å². The molecular formula is C33H25F3N2O4S. The smallest absolute Gasteiger partial charge is 0.416 e. The predicted octanol–water partition coefficient (Wildman–Crippen LogP) is 7.81. The van der Waals surface area contributed by atoms with Gasteiger partial charge in [-0.2, -0.15) is 24.9 Å². The van der Waals surface area contributed by atoms with Crippen molar-refractivity contribution in [1.29, 1.82) is 0 Å². The van der Waals surface area contributed by atoms with E-state index < -0.39 is 29.7 Å². The number of carboxylic acid groups (broad SMARTS) is 1. The van der Waals surface area contributed by atoms with Crippen LogP contribution in [0.3, 0.4) is 0 Å². The summed E-state index contributed by atoms with van der Waals surface area (Å²) in [6, 6.07) is 29.3. The van der Waals surface area contributed by atoms with E-state index in [-0.39, 0.29) is 28.7 Å². The zero-order chi connectivity index (χ0) is 30.4. The van der Waals surface area contributed by atoms with Crippen molar-refractivity contribution in [3.63, 3.8) is 0 Å². The Hall–Kier alpha value is -4.83. The van der Waals surface area contributed by atoms with Gasteiger partial charge in [0.05, 0.1) is 5.56 Å². The van der Waals surface area contributed by atoms with Crippen molar-refractivity contribution in [3.05, 3.63) is 126 Å². The van der Waals surface area contributed by atoms with Crippen LogP contribution in [0.4, 0.5) is 13.2 Å². The number of amides is 1. The van der Waals surface area contributed by atoms with Crippen LogP contribution in [0.2, 0.25) is 0 Å². The molecule has 1 atom stereocenters. The van der Waals surface area contributed by atoms with Crippen LogP contribution in [0.1, 0.15) is 21.6 Å². The maximum atomic E-state index is 13.5. The molecule has 1 amide bonds. The summed E-state index contributed by atoms with van der Waals surface area (Å²) in [4.78, 5) is 29.8. The second-order valence-corrected chi connectivity index (χ2v) is 10.6. The second-order valence-electron chi connectivity index (χ2n) is 9.58. The standard InChI is InChI=1S/C33H25F3N2O4S/c34-33(35,36)26-17-15-25(16-18-26)31-38-28(29(42-31)24-13-11-23(12-14-24)22-9-5-2-6-10-22)30(39)37-27(32(40)41)20-43-19-21-7-3-1-4-8-21/h1-18,27H,19-20H2,(H,37,39)(H,40,41)/t27-/m0/s1. The molecule has 43 heavy (non-hydrogen) atoms. The van der Waals surface area contributed by atoms with Crippen molar-refractivity contribution in [2.45, 2.75) is 18.0 Å². The molecule has 1 heterocycles. The minimum absolute atomic E-state index is 0.0630. The summed E-state index contributed by atoms with van der Waals surface area (Å²) >= 11 is 1.35. The number of carbonyl (C=O) groups is 2. The van der Waals surface area contributed by atoms with E-state index in [1.165, 1.54) is 23.9 Å². The number of carboxylic acids is 1. The number of hydrogen-bond acceptors (Lipinski definition) is 5. The van der Waals surface area contributed by atoms with Crippen molar-refractivity contribution in [3.8, 4) is 33.9 Å². The number of aliphatic carboxylic acids is 1. The minimum Gasteiger partial charge on any atom is -0.480 e. The first-order valence-corrected chi connectivity index (χ1v) is 14.3. The maximum Gasteiger partial charge on any atom is 0.416 e. The van der Waals surface area contributed by atoms with Gasteiger partial charge in [-0.15, -0.1) is 0 Å². The number of hydrogen-bond donors (Lipinski definition) is 2. The Bertz CT molecular complexity index is 1690. The minimum atomic E-state index is -4.52. The number of benzene rings is 4. The average molecular weight is 603 g/mol. The zero-order valence-corrected chi connectivity index (χ0v) is 23.4. The Morgan fingerprint density at radius 3 is 1.95 bits per heavy atom. The quantitative estimate of drug-likeness (QED) is 0.169. The number of thioether (sulfide) groups is 1. The van der Waals surface area contributed by atoms with E-state index in [9.17, 15) is 27.9 Å². The molecule has 6 nitrogen and oxygen atoms in total. The van der Waals surface area contributed by atoms with Gasteiger partial charge in [-0.1, -0.05) is 84.9 Å². The number of halogens is 3. The van der Waals surface area contributed by atoms with Crippen molar-refractivity contribution in [1.82, 2.24) is 10.3 Å². The van der Waals surface area contributed by atoms with Gasteiger partial charge in [-0.25, -0.2) is 9.78 Å². The zero-order valence-electron chi connectivity index (χ0n) is 22.5. The number of aromatic nitrogens is 1. The van der Waals surface area contributed by atoms with E-state index >= 15 is 0 Å². The molecule has 0 radical (unpaired) electrons. The highest BCUT2D eigenvalue weighted by molar-refractivity contribution is 7.98. The molecule has 0 fully saturated rings. The van der Waals surface area contributed by atoms with E-state index in [1.807, 2.05) is 72.8 Å². The first-order valence-electron chi connectivity index (χ1n) is 13.2. The molecule has 0 aliphatic carbocycles. The third-order valence-corrected chi connectivity index (χ3v) is 7.66. The maximum absolute atomic E-state index is 13.5. The fourth-order valence-electron chi connectivity index (χ4n) is 4.31. The van der Waals surface area contributed by atoms with Gasteiger partial charge in [0.1, 0.15) is 6.04 Å². The van der Waals surface area contributed by atoms with E-state index in [0.29, 0.717) is 11.3 Å². The lowest BCUT2D eigenvalue weighted by molar-refractivity contribution is -0.139. The molecule has 218 valence electrons. The van der Waals surface area contributed by atoms with Crippen LogP contribution in [0.15, 0.2) is 114 Å². The van der Waals surface area contributed by atoms with E-state index in [4.69, 9.17) is 4.42 Å². The predicted molar refractivity (Wildman–Crippen MR) is 159 cm³/mol. The van der Waals surface area contributed by atoms with Crippen LogP contribution in [0.25, 0.3) is 33.9 Å². The van der Waals surface area contributed by atoms with Crippen molar-refractivity contribution >= 4 is 23.6 Å². The molecule has 2 N–H and O–H groups in total. The molecule has 4 aromatic carbocycles. The first kappa shape index (κ1) is 29.7. The van der Waals surface area contributed by atoms with Crippen LogP contribution < -0.4 is 5.32 Å². The van der Waals surface area contributed by atoms with E-state index in [0.717, 1.165) is 28.8 Å². The van der Waals surface area contributed by atoms with Gasteiger partial charge in [-0.05, 0) is 41.0 Å².